The summed E-state index contributed by atoms with van der Waals surface area (Å²) in [5.74, 6) is -2.29. The van der Waals surface area contributed by atoms with Crippen molar-refractivity contribution in [2.75, 3.05) is 13.1 Å². The molecule has 0 unspecified atom stereocenters. The van der Waals surface area contributed by atoms with E-state index in [0.717, 1.165) is 0 Å². The van der Waals surface area contributed by atoms with Crippen LogP contribution in [0.1, 0.15) is 6.42 Å². The van der Waals surface area contributed by atoms with Gasteiger partial charge in [-0.1, -0.05) is 0 Å². The molecule has 0 aromatic carbocycles. The van der Waals surface area contributed by atoms with Gasteiger partial charge in [0.2, 0.25) is 0 Å². The predicted molar refractivity (Wildman–Crippen MR) is 36.8 cm³/mol. The van der Waals surface area contributed by atoms with Gasteiger partial charge in [0.15, 0.2) is 0 Å². The Hall–Kier alpha value is -1.07. The minimum Gasteiger partial charge on any atom is -0.334 e. The number of amides is 1. The van der Waals surface area contributed by atoms with Crippen LogP contribution in [0.3, 0.4) is 0 Å². The summed E-state index contributed by atoms with van der Waals surface area (Å²) < 4.78 is 35.6. The maximum atomic E-state index is 11.9. The number of hydrogen-bond donors (Lipinski definition) is 0. The van der Waals surface area contributed by atoms with Gasteiger partial charge in [-0.3, -0.25) is 4.79 Å². The van der Waals surface area contributed by atoms with Crippen molar-refractivity contribution in [3.05, 3.63) is 0 Å². The lowest BCUT2D eigenvalue weighted by atomic mass is 10.1. The summed E-state index contributed by atoms with van der Waals surface area (Å²) in [4.78, 5) is 21.5. The fourth-order valence-corrected chi connectivity index (χ4v) is 1.26. The van der Waals surface area contributed by atoms with E-state index in [1.807, 2.05) is 0 Å². The molecule has 0 radical (unpaired) electrons. The molecule has 1 saturated heterocycles. The first-order chi connectivity index (χ1) is 5.95. The number of aldehydes is 1. The highest BCUT2D eigenvalue weighted by molar-refractivity contribution is 5.82. The van der Waals surface area contributed by atoms with Gasteiger partial charge in [0.05, 0.1) is 0 Å². The van der Waals surface area contributed by atoms with Gasteiger partial charge in [-0.2, -0.15) is 13.2 Å². The van der Waals surface area contributed by atoms with Crippen molar-refractivity contribution in [1.29, 1.82) is 0 Å². The van der Waals surface area contributed by atoms with E-state index in [9.17, 15) is 22.8 Å². The Labute approximate surface area is 72.5 Å². The summed E-state index contributed by atoms with van der Waals surface area (Å²) in [5.41, 5.74) is 0. The van der Waals surface area contributed by atoms with E-state index in [2.05, 4.69) is 0 Å². The minimum atomic E-state index is -4.82. The zero-order chi connectivity index (χ0) is 10.1. The molecule has 0 spiro atoms. The van der Waals surface area contributed by atoms with E-state index < -0.39 is 18.0 Å². The number of nitrogens with zero attached hydrogens (tertiary/aromatic N) is 1. The van der Waals surface area contributed by atoms with Gasteiger partial charge < -0.3 is 9.69 Å². The number of rotatable bonds is 1. The van der Waals surface area contributed by atoms with Gasteiger partial charge in [-0.05, 0) is 6.42 Å². The minimum absolute atomic E-state index is 0.0156. The average Bonchev–Trinajstić information content (AvgIpc) is 2.48. The van der Waals surface area contributed by atoms with E-state index in [-0.39, 0.29) is 13.1 Å². The Bertz CT molecular complexity index is 226. The molecule has 6 heteroatoms. The van der Waals surface area contributed by atoms with Crippen molar-refractivity contribution < 1.29 is 22.8 Å². The molecule has 0 saturated carbocycles. The van der Waals surface area contributed by atoms with Gasteiger partial charge in [0.1, 0.15) is 6.29 Å². The third-order valence-electron chi connectivity index (χ3n) is 1.95. The Morgan fingerprint density at radius 2 is 2.08 bits per heavy atom. The first-order valence-electron chi connectivity index (χ1n) is 3.76. The summed E-state index contributed by atoms with van der Waals surface area (Å²) in [6, 6.07) is 0. The quantitative estimate of drug-likeness (QED) is 0.574. The van der Waals surface area contributed by atoms with Crippen LogP contribution in [0.25, 0.3) is 0 Å². The fourth-order valence-electron chi connectivity index (χ4n) is 1.26. The topological polar surface area (TPSA) is 37.4 Å². The van der Waals surface area contributed by atoms with E-state index in [1.165, 1.54) is 0 Å². The van der Waals surface area contributed by atoms with Crippen LogP contribution in [-0.2, 0) is 9.59 Å². The normalized spacial score (nSPS) is 23.3. The SMILES string of the molecule is O=C[C@@H]1CCN(C(=O)C(F)(F)F)C1. The third-order valence-corrected chi connectivity index (χ3v) is 1.95. The first kappa shape index (κ1) is 10.0. The lowest BCUT2D eigenvalue weighted by Gasteiger charge is -2.16. The molecule has 3 nitrogen and oxygen atoms in total. The first-order valence-corrected chi connectivity index (χ1v) is 3.76. The molecule has 13 heavy (non-hydrogen) atoms. The second kappa shape index (κ2) is 3.35. The molecular formula is C7H8F3NO2. The molecule has 1 fully saturated rings. The van der Waals surface area contributed by atoms with E-state index >= 15 is 0 Å². The van der Waals surface area contributed by atoms with Crippen LogP contribution in [0.2, 0.25) is 0 Å². The van der Waals surface area contributed by atoms with Crippen molar-refractivity contribution in [2.24, 2.45) is 5.92 Å². The molecule has 74 valence electrons. The number of carbonyl (C=O) groups is 2. The smallest absolute Gasteiger partial charge is 0.334 e. The van der Waals surface area contributed by atoms with E-state index in [4.69, 9.17) is 0 Å². The van der Waals surface area contributed by atoms with E-state index in [1.54, 1.807) is 0 Å². The van der Waals surface area contributed by atoms with Crippen LogP contribution >= 0.6 is 0 Å². The molecule has 1 atom stereocenters. The maximum Gasteiger partial charge on any atom is 0.471 e. The molecule has 1 aliphatic rings. The van der Waals surface area contributed by atoms with E-state index in [0.29, 0.717) is 17.6 Å². The van der Waals surface area contributed by atoms with Crippen LogP contribution in [0.15, 0.2) is 0 Å². The Morgan fingerprint density at radius 1 is 1.46 bits per heavy atom. The Balaban J connectivity index is 2.56. The highest BCUT2D eigenvalue weighted by atomic mass is 19.4. The summed E-state index contributed by atoms with van der Waals surface area (Å²) >= 11 is 0. The number of carbonyl (C=O) groups excluding carboxylic acids is 2. The number of hydrogen-bond acceptors (Lipinski definition) is 2. The van der Waals surface area contributed by atoms with Gasteiger partial charge >= 0.3 is 12.1 Å². The lowest BCUT2D eigenvalue weighted by Crippen LogP contribution is -2.39. The van der Waals surface area contributed by atoms with Gasteiger partial charge in [0, 0.05) is 19.0 Å². The second-order valence-corrected chi connectivity index (χ2v) is 2.93. The van der Waals surface area contributed by atoms with Gasteiger partial charge in [-0.25, -0.2) is 0 Å². The van der Waals surface area contributed by atoms with Gasteiger partial charge in [-0.15, -0.1) is 0 Å². The molecule has 0 aromatic rings. The summed E-state index contributed by atoms with van der Waals surface area (Å²) in [5, 5.41) is 0. The highest BCUT2D eigenvalue weighted by Gasteiger charge is 2.44. The molecule has 1 heterocycles. The Morgan fingerprint density at radius 3 is 2.46 bits per heavy atom. The monoisotopic (exact) mass is 195 g/mol. The zero-order valence-corrected chi connectivity index (χ0v) is 6.67. The summed E-state index contributed by atoms with van der Waals surface area (Å²) in [7, 11) is 0. The molecule has 0 N–H and O–H groups in total. The van der Waals surface area contributed by atoms with Crippen LogP contribution in [-0.4, -0.2) is 36.4 Å². The molecule has 1 rings (SSSR count). The third kappa shape index (κ3) is 2.19. The standard InChI is InChI=1S/C7H8F3NO2/c8-7(9,10)6(13)11-2-1-5(3-11)4-12/h4-5H,1-3H2/t5-/m1/s1. The van der Waals surface area contributed by atoms with Crippen molar-refractivity contribution in [2.45, 2.75) is 12.6 Å². The fraction of sp³-hybridized carbons (Fsp3) is 0.714. The number of halogens is 3. The van der Waals surface area contributed by atoms with Gasteiger partial charge in [0.25, 0.3) is 0 Å². The molecule has 1 aliphatic heterocycles. The second-order valence-electron chi connectivity index (χ2n) is 2.93. The number of likely N-dealkylation sites (tertiary alicyclic amines) is 1. The summed E-state index contributed by atoms with van der Waals surface area (Å²) in [6.07, 6.45) is -3.91. The van der Waals surface area contributed by atoms with Crippen molar-refractivity contribution >= 4 is 12.2 Å². The van der Waals surface area contributed by atoms with Crippen molar-refractivity contribution in [1.82, 2.24) is 4.90 Å². The molecule has 1 amide bonds. The van der Waals surface area contributed by atoms with Crippen LogP contribution < -0.4 is 0 Å². The molecule has 0 aliphatic carbocycles. The number of alkyl halides is 3. The van der Waals surface area contributed by atoms with Crippen molar-refractivity contribution in [3.8, 4) is 0 Å². The predicted octanol–water partition coefficient (Wildman–Crippen LogP) is 0.596. The van der Waals surface area contributed by atoms with Crippen LogP contribution in [0, 0.1) is 5.92 Å². The molecule has 0 bridgehead atoms. The van der Waals surface area contributed by atoms with Crippen LogP contribution in [0.4, 0.5) is 13.2 Å². The lowest BCUT2D eigenvalue weighted by molar-refractivity contribution is -0.184. The highest BCUT2D eigenvalue weighted by Crippen LogP contribution is 2.23. The molecular weight excluding hydrogens is 187 g/mol. The largest absolute Gasteiger partial charge is 0.471 e. The summed E-state index contributed by atoms with van der Waals surface area (Å²) in [6.45, 7) is -0.0937. The average molecular weight is 195 g/mol. The Kier molecular flexibility index (Phi) is 2.58. The molecule has 0 aromatic heterocycles. The maximum absolute atomic E-state index is 11.9. The zero-order valence-electron chi connectivity index (χ0n) is 6.67. The van der Waals surface area contributed by atoms with Crippen molar-refractivity contribution in [3.63, 3.8) is 0 Å². The van der Waals surface area contributed by atoms with Crippen LogP contribution in [0.5, 0.6) is 0 Å².